The fraction of sp³-hybridized carbons (Fsp3) is 0.800. The number of benzene rings is 2. The maximum absolute atomic E-state index is 14.4. The molecule has 0 aliphatic rings. The number of unbranched alkanes of at least 4 members (excludes halogenated alkanes) is 29. The Bertz CT molecular complexity index is 1710. The second kappa shape index (κ2) is 36.3. The molecule has 2 aromatic carbocycles. The lowest BCUT2D eigenvalue weighted by Gasteiger charge is -2.33. The van der Waals surface area contributed by atoms with Gasteiger partial charge in [-0.1, -0.05) is 307 Å². The molecule has 2 N–H and O–H groups in total. The minimum absolute atomic E-state index is 0.147. The summed E-state index contributed by atoms with van der Waals surface area (Å²) in [6.07, 6.45) is 41.5. The van der Waals surface area contributed by atoms with Crippen LogP contribution in [0.1, 0.15) is 355 Å². The molecule has 0 bridgehead atoms. The van der Waals surface area contributed by atoms with Crippen LogP contribution in [-0.4, -0.2) is 27.9 Å². The second-order valence-electron chi connectivity index (χ2n) is 27.7. The quantitative estimate of drug-likeness (QED) is 0.0392. The summed E-state index contributed by atoms with van der Waals surface area (Å²) in [5.74, 6) is -1.38. The van der Waals surface area contributed by atoms with E-state index >= 15 is 0 Å². The lowest BCUT2D eigenvalue weighted by atomic mass is 9.78. The van der Waals surface area contributed by atoms with E-state index in [1.165, 1.54) is 161 Å². The molecule has 0 saturated heterocycles. The zero-order valence-corrected chi connectivity index (χ0v) is 52.5. The van der Waals surface area contributed by atoms with E-state index in [1.807, 2.05) is 0 Å². The summed E-state index contributed by atoms with van der Waals surface area (Å²) in [5, 5.41) is 22.9. The lowest BCUT2D eigenvalue weighted by Crippen LogP contribution is -2.40. The molecule has 6 nitrogen and oxygen atoms in total. The van der Waals surface area contributed by atoms with Gasteiger partial charge in [-0.3, -0.25) is 9.59 Å². The summed E-state index contributed by atoms with van der Waals surface area (Å²) in [7, 11) is 0. The van der Waals surface area contributed by atoms with Gasteiger partial charge in [-0.25, -0.2) is 0 Å². The number of phenols is 2. The Hall–Kier alpha value is -3.02. The number of ether oxygens (including phenoxy) is 2. The van der Waals surface area contributed by atoms with Crippen LogP contribution in [0.3, 0.4) is 0 Å². The maximum atomic E-state index is 14.4. The van der Waals surface area contributed by atoms with Gasteiger partial charge in [0.15, 0.2) is 0 Å². The molecule has 76 heavy (non-hydrogen) atoms. The van der Waals surface area contributed by atoms with Crippen LogP contribution in [-0.2, 0) is 53.6 Å². The third-order valence-corrected chi connectivity index (χ3v) is 16.0. The average Bonchev–Trinajstić information content (AvgIpc) is 3.32. The average molecular weight is 1060 g/mol. The van der Waals surface area contributed by atoms with Gasteiger partial charge in [-0.2, -0.15) is 0 Å². The van der Waals surface area contributed by atoms with E-state index in [9.17, 15) is 19.8 Å². The smallest absolute Gasteiger partial charge is 0.309 e. The molecule has 0 aromatic heterocycles. The first-order valence-corrected chi connectivity index (χ1v) is 32.0. The minimum Gasteiger partial charge on any atom is -0.507 e. The Balaban J connectivity index is 2.30. The van der Waals surface area contributed by atoms with Crippen LogP contribution in [0.2, 0.25) is 0 Å². The van der Waals surface area contributed by atoms with Crippen LogP contribution in [0.5, 0.6) is 11.5 Å². The first kappa shape index (κ1) is 69.1. The highest BCUT2D eigenvalue weighted by Gasteiger charge is 2.38. The van der Waals surface area contributed by atoms with Gasteiger partial charge >= 0.3 is 11.9 Å². The van der Waals surface area contributed by atoms with Crippen molar-refractivity contribution in [2.45, 2.75) is 362 Å². The van der Waals surface area contributed by atoms with Crippen LogP contribution in [0.15, 0.2) is 24.3 Å². The van der Waals surface area contributed by atoms with Gasteiger partial charge in [-0.15, -0.1) is 0 Å². The van der Waals surface area contributed by atoms with Gasteiger partial charge in [0.2, 0.25) is 0 Å². The lowest BCUT2D eigenvalue weighted by molar-refractivity contribution is -0.235. The number of phenolic OH excluding ortho intramolecular Hbond substituents is 2. The zero-order chi connectivity index (χ0) is 56.7. The summed E-state index contributed by atoms with van der Waals surface area (Å²) in [6.45, 7) is 29.9. The van der Waals surface area contributed by atoms with Crippen LogP contribution < -0.4 is 0 Å². The largest absolute Gasteiger partial charge is 0.507 e. The summed E-state index contributed by atoms with van der Waals surface area (Å²) in [4.78, 5) is 28.7. The van der Waals surface area contributed by atoms with Crippen LogP contribution in [0, 0.1) is 0 Å². The third-order valence-electron chi connectivity index (χ3n) is 16.0. The topological polar surface area (TPSA) is 93.1 Å². The van der Waals surface area contributed by atoms with Gasteiger partial charge in [0.25, 0.3) is 5.79 Å². The van der Waals surface area contributed by atoms with E-state index < -0.39 is 5.79 Å². The summed E-state index contributed by atoms with van der Waals surface area (Å²) < 4.78 is 13.2. The molecule has 2 aromatic rings. The molecule has 0 unspecified atom stereocenters. The van der Waals surface area contributed by atoms with E-state index in [-0.39, 0.29) is 46.4 Å². The summed E-state index contributed by atoms with van der Waals surface area (Å²) >= 11 is 0. The number of aromatic hydroxyl groups is 2. The van der Waals surface area contributed by atoms with Crippen molar-refractivity contribution in [3.63, 3.8) is 0 Å². The molecule has 0 heterocycles. The van der Waals surface area contributed by atoms with Crippen LogP contribution in [0.25, 0.3) is 0 Å². The second-order valence-corrected chi connectivity index (χ2v) is 27.7. The highest BCUT2D eigenvalue weighted by atomic mass is 16.7. The van der Waals surface area contributed by atoms with Crippen LogP contribution >= 0.6 is 0 Å². The van der Waals surface area contributed by atoms with Crippen molar-refractivity contribution in [1.82, 2.24) is 0 Å². The zero-order valence-electron chi connectivity index (χ0n) is 52.5. The van der Waals surface area contributed by atoms with Crippen molar-refractivity contribution in [1.29, 1.82) is 0 Å². The number of carbonyl (C=O) groups excluding carboxylic acids is 2. The summed E-state index contributed by atoms with van der Waals surface area (Å²) in [5.41, 5.74) is 4.35. The number of aryl methyl sites for hydroxylation is 2. The molecule has 0 atom stereocenters. The first-order valence-electron chi connectivity index (χ1n) is 32.0. The van der Waals surface area contributed by atoms with Gasteiger partial charge in [0, 0.05) is 25.7 Å². The van der Waals surface area contributed by atoms with Crippen LogP contribution in [0.4, 0.5) is 0 Å². The first-order chi connectivity index (χ1) is 35.8. The van der Waals surface area contributed by atoms with Crippen molar-refractivity contribution < 1.29 is 29.3 Å². The molecule has 6 heteroatoms. The highest BCUT2D eigenvalue weighted by Crippen LogP contribution is 2.42. The monoisotopic (exact) mass is 1060 g/mol. The number of esters is 2. The normalized spacial score (nSPS) is 12.7. The highest BCUT2D eigenvalue weighted by molar-refractivity contribution is 5.72. The van der Waals surface area contributed by atoms with Gasteiger partial charge in [-0.05, 0) is 80.7 Å². The molecule has 0 radical (unpaired) electrons. The van der Waals surface area contributed by atoms with Gasteiger partial charge < -0.3 is 19.7 Å². The molecule has 0 aliphatic carbocycles. The van der Waals surface area contributed by atoms with Crippen molar-refractivity contribution >= 4 is 11.9 Å². The fourth-order valence-corrected chi connectivity index (χ4v) is 11.0. The van der Waals surface area contributed by atoms with E-state index in [0.717, 1.165) is 71.9 Å². The van der Waals surface area contributed by atoms with Gasteiger partial charge in [0.05, 0.1) is 0 Å². The van der Waals surface area contributed by atoms with Crippen molar-refractivity contribution in [2.24, 2.45) is 0 Å². The SMILES string of the molecule is CCCCCCCCCCCCCCCCCCC(CCCCCCCCCCCCCCCCC)(OC(=O)CCc1cc(C(C)(C)C)c(O)c(C(C)(C)C)c1)OC(=O)CCc1cc(C(C)(C)C)c(O)c(C(C)(C)C)c1. The molecule has 2 rings (SSSR count). The van der Waals surface area contributed by atoms with Crippen molar-refractivity contribution in [2.75, 3.05) is 0 Å². The molecule has 0 amide bonds. The standard InChI is InChI=1S/C70H122O6/c1-15-17-19-21-23-25-27-29-31-33-35-37-39-41-43-45-51-70(50-44-42-40-38-36-34-32-30-28-26-24-22-20-18-16-2,75-62(71)48-46-56-52-58(66(3,4)5)64(73)59(53-56)67(6,7)8)76-63(72)49-47-57-54-60(68(9,10)11)65(74)61(55-57)69(12,13)14/h52-55,73-74H,15-51H2,1-14H3. The van der Waals surface area contributed by atoms with Crippen molar-refractivity contribution in [3.8, 4) is 11.5 Å². The van der Waals surface area contributed by atoms with Gasteiger partial charge in [0.1, 0.15) is 11.5 Å². The van der Waals surface area contributed by atoms with Crippen molar-refractivity contribution in [3.05, 3.63) is 57.6 Å². The molecule has 0 aliphatic heterocycles. The Morgan fingerprint density at radius 3 is 0.737 bits per heavy atom. The number of carbonyl (C=O) groups is 2. The number of hydrogen-bond acceptors (Lipinski definition) is 6. The third kappa shape index (κ3) is 28.7. The fourth-order valence-electron chi connectivity index (χ4n) is 11.0. The molecule has 438 valence electrons. The van der Waals surface area contributed by atoms with E-state index in [0.29, 0.717) is 37.2 Å². The predicted octanol–water partition coefficient (Wildman–Crippen LogP) is 21.5. The molecule has 0 fully saturated rings. The molecular formula is C70H122O6. The van der Waals surface area contributed by atoms with E-state index in [1.54, 1.807) is 0 Å². The molecular weight excluding hydrogens is 937 g/mol. The Kier molecular flexibility index (Phi) is 33.0. The minimum atomic E-state index is -1.34. The Labute approximate surface area is 470 Å². The molecule has 0 saturated carbocycles. The Morgan fingerprint density at radius 2 is 0.539 bits per heavy atom. The maximum Gasteiger partial charge on any atom is 0.309 e. The summed E-state index contributed by atoms with van der Waals surface area (Å²) in [6, 6.07) is 8.21. The molecule has 0 spiro atoms. The number of hydrogen-bond donors (Lipinski definition) is 2. The van der Waals surface area contributed by atoms with E-state index in [4.69, 9.17) is 9.47 Å². The van der Waals surface area contributed by atoms with E-state index in [2.05, 4.69) is 121 Å². The predicted molar refractivity (Wildman–Crippen MR) is 326 cm³/mol. The Morgan fingerprint density at radius 1 is 0.342 bits per heavy atom. The number of rotatable bonds is 41.